The molecule has 0 aliphatic carbocycles. The lowest BCUT2D eigenvalue weighted by Crippen LogP contribution is -2.62. The van der Waals surface area contributed by atoms with Crippen molar-refractivity contribution >= 4 is 43.7 Å². The van der Waals surface area contributed by atoms with Gasteiger partial charge in [-0.25, -0.2) is 4.79 Å². The van der Waals surface area contributed by atoms with Gasteiger partial charge in [0, 0.05) is 24.6 Å². The summed E-state index contributed by atoms with van der Waals surface area (Å²) in [4.78, 5) is 29.9. The van der Waals surface area contributed by atoms with Crippen LogP contribution in [0, 0.1) is 5.92 Å². The normalized spacial score (nSPS) is 25.7. The van der Waals surface area contributed by atoms with Crippen LogP contribution in [0.3, 0.4) is 0 Å². The standard InChI is InChI=1S/C21H34N2O4S2Si/c1-8-11-26-20(25)16-19(22-9-12-28-13-10-22)29-18-15(17(24)23(16)18)14(2)27-30(6,7)21(3,4)5/h8,14-15,18H,1,9-13H2,2-7H3/t14-,15+,18-/m1/s1. The van der Waals surface area contributed by atoms with Gasteiger partial charge < -0.3 is 14.1 Å². The van der Waals surface area contributed by atoms with Crippen LogP contribution in [0.4, 0.5) is 0 Å². The molecule has 3 aliphatic rings. The van der Waals surface area contributed by atoms with E-state index in [0.717, 1.165) is 29.6 Å². The highest BCUT2D eigenvalue weighted by molar-refractivity contribution is 8.04. The third-order valence-electron chi connectivity index (χ3n) is 6.38. The van der Waals surface area contributed by atoms with Gasteiger partial charge in [-0.05, 0) is 25.1 Å². The quantitative estimate of drug-likeness (QED) is 0.242. The summed E-state index contributed by atoms with van der Waals surface area (Å²) in [6.45, 7) is 18.5. The molecule has 1 amide bonds. The molecule has 2 saturated heterocycles. The Morgan fingerprint density at radius 2 is 1.97 bits per heavy atom. The number of amides is 1. The molecule has 9 heteroatoms. The second-order valence-corrected chi connectivity index (χ2v) is 16.6. The second kappa shape index (κ2) is 8.92. The molecule has 6 nitrogen and oxygen atoms in total. The summed E-state index contributed by atoms with van der Waals surface area (Å²) in [6.07, 6.45) is 1.36. The van der Waals surface area contributed by atoms with Crippen molar-refractivity contribution in [2.24, 2.45) is 5.92 Å². The fourth-order valence-corrected chi connectivity index (χ4v) is 7.64. The zero-order chi connectivity index (χ0) is 22.3. The van der Waals surface area contributed by atoms with Crippen LogP contribution in [-0.2, 0) is 18.8 Å². The molecule has 30 heavy (non-hydrogen) atoms. The highest BCUT2D eigenvalue weighted by Crippen LogP contribution is 2.53. The summed E-state index contributed by atoms with van der Waals surface area (Å²) < 4.78 is 11.9. The van der Waals surface area contributed by atoms with E-state index in [1.165, 1.54) is 0 Å². The van der Waals surface area contributed by atoms with E-state index in [1.807, 2.05) is 18.7 Å². The number of hydrogen-bond donors (Lipinski definition) is 0. The van der Waals surface area contributed by atoms with Gasteiger partial charge in [0.25, 0.3) is 0 Å². The van der Waals surface area contributed by atoms with Gasteiger partial charge in [-0.1, -0.05) is 45.2 Å². The molecule has 0 aromatic heterocycles. The first-order valence-electron chi connectivity index (χ1n) is 10.5. The van der Waals surface area contributed by atoms with Crippen LogP contribution >= 0.6 is 23.5 Å². The van der Waals surface area contributed by atoms with Crippen molar-refractivity contribution in [1.29, 1.82) is 0 Å². The van der Waals surface area contributed by atoms with Gasteiger partial charge in [0.2, 0.25) is 5.91 Å². The second-order valence-electron chi connectivity index (χ2n) is 9.47. The molecule has 3 aliphatic heterocycles. The lowest BCUT2D eigenvalue weighted by Gasteiger charge is -2.48. The molecular weight excluding hydrogens is 436 g/mol. The van der Waals surface area contributed by atoms with Crippen LogP contribution in [0.5, 0.6) is 0 Å². The maximum absolute atomic E-state index is 13.2. The minimum absolute atomic E-state index is 0.0364. The monoisotopic (exact) mass is 470 g/mol. The van der Waals surface area contributed by atoms with E-state index in [4.69, 9.17) is 9.16 Å². The summed E-state index contributed by atoms with van der Waals surface area (Å²) in [5, 5.41) is 0.850. The van der Waals surface area contributed by atoms with Crippen molar-refractivity contribution in [2.75, 3.05) is 31.2 Å². The molecule has 3 heterocycles. The Hall–Kier alpha value is -0.903. The predicted octanol–water partition coefficient (Wildman–Crippen LogP) is 3.88. The molecule has 3 rings (SSSR count). The molecular formula is C21H34N2O4S2Si. The van der Waals surface area contributed by atoms with E-state index < -0.39 is 14.3 Å². The molecule has 3 atom stereocenters. The van der Waals surface area contributed by atoms with E-state index in [1.54, 1.807) is 22.7 Å². The first-order valence-corrected chi connectivity index (χ1v) is 15.5. The number of β-lactam (4-membered cyclic amide) rings is 1. The van der Waals surface area contributed by atoms with Crippen LogP contribution in [-0.4, -0.2) is 72.7 Å². The molecule has 0 aromatic carbocycles. The molecule has 0 unspecified atom stereocenters. The molecule has 2 fully saturated rings. The van der Waals surface area contributed by atoms with Gasteiger partial charge in [0.05, 0.1) is 12.0 Å². The van der Waals surface area contributed by atoms with Crippen molar-refractivity contribution in [2.45, 2.75) is 57.3 Å². The molecule has 0 saturated carbocycles. The van der Waals surface area contributed by atoms with Crippen LogP contribution in [0.15, 0.2) is 23.4 Å². The smallest absolute Gasteiger partial charge is 0.358 e. The number of carbonyl (C=O) groups is 2. The molecule has 0 aromatic rings. The van der Waals surface area contributed by atoms with Crippen molar-refractivity contribution < 1.29 is 18.8 Å². The highest BCUT2D eigenvalue weighted by Gasteiger charge is 2.60. The number of esters is 1. The molecule has 0 N–H and O–H groups in total. The highest BCUT2D eigenvalue weighted by atomic mass is 32.2. The van der Waals surface area contributed by atoms with Crippen molar-refractivity contribution in [3.05, 3.63) is 23.4 Å². The first-order chi connectivity index (χ1) is 14.0. The Morgan fingerprint density at radius 3 is 2.53 bits per heavy atom. The average molecular weight is 471 g/mol. The topological polar surface area (TPSA) is 59.1 Å². The number of ether oxygens (including phenoxy) is 1. The number of thioether (sulfide) groups is 2. The fourth-order valence-electron chi connectivity index (χ4n) is 3.65. The van der Waals surface area contributed by atoms with Gasteiger partial charge in [-0.3, -0.25) is 9.69 Å². The van der Waals surface area contributed by atoms with Crippen molar-refractivity contribution in [3.8, 4) is 0 Å². The summed E-state index contributed by atoms with van der Waals surface area (Å²) in [6, 6.07) is 0. The Balaban J connectivity index is 1.81. The van der Waals surface area contributed by atoms with Gasteiger partial charge in [-0.2, -0.15) is 11.8 Å². The maximum atomic E-state index is 13.2. The summed E-state index contributed by atoms with van der Waals surface area (Å²) >= 11 is 3.53. The Morgan fingerprint density at radius 1 is 1.33 bits per heavy atom. The zero-order valence-corrected chi connectivity index (χ0v) is 21.5. The SMILES string of the molecule is C=CCOC(=O)C1=C(N2CCSCC2)S[C@@H]2[C@@H]([C@@H](C)O[Si](C)(C)C(C)(C)C)C(=O)N12. The van der Waals surface area contributed by atoms with Crippen LogP contribution in [0.1, 0.15) is 27.7 Å². The van der Waals surface area contributed by atoms with Gasteiger partial charge >= 0.3 is 5.97 Å². The first kappa shape index (κ1) is 23.8. The van der Waals surface area contributed by atoms with Gasteiger partial charge in [-0.15, -0.1) is 0 Å². The predicted molar refractivity (Wildman–Crippen MR) is 127 cm³/mol. The van der Waals surface area contributed by atoms with Gasteiger partial charge in [0.1, 0.15) is 17.0 Å². The number of rotatable bonds is 7. The Labute approximate surface area is 189 Å². The maximum Gasteiger partial charge on any atom is 0.358 e. The Kier molecular flexibility index (Phi) is 7.06. The lowest BCUT2D eigenvalue weighted by molar-refractivity contribution is -0.157. The summed E-state index contributed by atoms with van der Waals surface area (Å²) in [5.41, 5.74) is 0.402. The van der Waals surface area contributed by atoms with E-state index in [-0.39, 0.29) is 34.9 Å². The number of carbonyl (C=O) groups excluding carboxylic acids is 2. The fraction of sp³-hybridized carbons (Fsp3) is 0.714. The molecule has 0 spiro atoms. The third-order valence-corrected chi connectivity index (χ3v) is 13.3. The average Bonchev–Trinajstić information content (AvgIpc) is 3.00. The molecule has 0 radical (unpaired) electrons. The van der Waals surface area contributed by atoms with Crippen LogP contribution in [0.25, 0.3) is 0 Å². The number of hydrogen-bond acceptors (Lipinski definition) is 7. The van der Waals surface area contributed by atoms with Gasteiger partial charge in [0.15, 0.2) is 14.0 Å². The van der Waals surface area contributed by atoms with Crippen LogP contribution < -0.4 is 0 Å². The van der Waals surface area contributed by atoms with Crippen LogP contribution in [0.2, 0.25) is 18.1 Å². The lowest BCUT2D eigenvalue weighted by atomic mass is 9.92. The van der Waals surface area contributed by atoms with E-state index in [2.05, 4.69) is 45.3 Å². The van der Waals surface area contributed by atoms with Crippen molar-refractivity contribution in [3.63, 3.8) is 0 Å². The van der Waals surface area contributed by atoms with E-state index in [9.17, 15) is 9.59 Å². The number of nitrogens with zero attached hydrogens (tertiary/aromatic N) is 2. The molecule has 168 valence electrons. The Bertz CT molecular complexity index is 744. The minimum Gasteiger partial charge on any atom is -0.457 e. The zero-order valence-electron chi connectivity index (χ0n) is 18.9. The number of fused-ring (bicyclic) bond motifs is 1. The van der Waals surface area contributed by atoms with Crippen molar-refractivity contribution in [1.82, 2.24) is 9.80 Å². The summed E-state index contributed by atoms with van der Waals surface area (Å²) in [7, 11) is -2.00. The summed E-state index contributed by atoms with van der Waals surface area (Å²) in [5.74, 6) is 1.31. The minimum atomic E-state index is -2.00. The largest absolute Gasteiger partial charge is 0.457 e. The van der Waals surface area contributed by atoms with E-state index >= 15 is 0 Å². The van der Waals surface area contributed by atoms with E-state index in [0.29, 0.717) is 5.70 Å². The third kappa shape index (κ3) is 4.35. The molecule has 0 bridgehead atoms.